The zero-order chi connectivity index (χ0) is 20.3. The number of nitriles is 1. The minimum absolute atomic E-state index is 0.174. The van der Waals surface area contributed by atoms with Gasteiger partial charge in [-0.05, 0) is 42.7 Å². The van der Waals surface area contributed by atoms with Crippen LogP contribution in [0.15, 0.2) is 24.3 Å². The highest BCUT2D eigenvalue weighted by Gasteiger charge is 2.23. The first-order valence-corrected chi connectivity index (χ1v) is 10.1. The number of thiophene rings is 1. The quantitative estimate of drug-likeness (QED) is 0.493. The number of nitrogens with zero attached hydrogens (tertiary/aromatic N) is 2. The number of anilines is 3. The van der Waals surface area contributed by atoms with Crippen LogP contribution >= 0.6 is 22.9 Å². The third kappa shape index (κ3) is 3.88. The van der Waals surface area contributed by atoms with E-state index in [9.17, 15) is 10.1 Å². The Balaban J connectivity index is 2.04. The lowest BCUT2D eigenvalue weighted by molar-refractivity contribution is 0.103. The van der Waals surface area contributed by atoms with Crippen molar-refractivity contribution in [3.05, 3.63) is 45.3 Å². The van der Waals surface area contributed by atoms with Crippen molar-refractivity contribution >= 4 is 56.3 Å². The number of unbranched alkanes of at least 4 members (excludes halogenated alkanes) is 2. The molecule has 0 fully saturated rings. The number of benzene rings is 1. The predicted octanol–water partition coefficient (Wildman–Crippen LogP) is 4.97. The van der Waals surface area contributed by atoms with E-state index in [4.69, 9.17) is 23.1 Å². The van der Waals surface area contributed by atoms with Crippen molar-refractivity contribution in [1.29, 1.82) is 5.26 Å². The van der Waals surface area contributed by atoms with Gasteiger partial charge in [0.15, 0.2) is 0 Å². The fraction of sp³-hybridized carbons (Fsp3) is 0.250. The monoisotopic (exact) mass is 413 g/mol. The van der Waals surface area contributed by atoms with Gasteiger partial charge in [-0.15, -0.1) is 11.3 Å². The number of rotatable bonds is 6. The number of pyridine rings is 1. The maximum absolute atomic E-state index is 12.8. The summed E-state index contributed by atoms with van der Waals surface area (Å²) in [5.41, 5.74) is 14.4. The summed E-state index contributed by atoms with van der Waals surface area (Å²) in [7, 11) is 0. The van der Waals surface area contributed by atoms with Crippen molar-refractivity contribution in [1.82, 2.24) is 4.98 Å². The molecule has 8 heteroatoms. The molecule has 5 N–H and O–H groups in total. The van der Waals surface area contributed by atoms with Gasteiger partial charge < -0.3 is 16.8 Å². The van der Waals surface area contributed by atoms with E-state index in [0.717, 1.165) is 24.8 Å². The fourth-order valence-corrected chi connectivity index (χ4v) is 4.22. The Labute approximate surface area is 172 Å². The van der Waals surface area contributed by atoms with Crippen LogP contribution in [0.3, 0.4) is 0 Å². The summed E-state index contributed by atoms with van der Waals surface area (Å²) in [6, 6.07) is 8.95. The van der Waals surface area contributed by atoms with Gasteiger partial charge in [-0.1, -0.05) is 31.4 Å². The lowest BCUT2D eigenvalue weighted by Gasteiger charge is -2.09. The van der Waals surface area contributed by atoms with Gasteiger partial charge in [0.1, 0.15) is 21.6 Å². The van der Waals surface area contributed by atoms with Gasteiger partial charge in [0.25, 0.3) is 5.91 Å². The van der Waals surface area contributed by atoms with Crippen LogP contribution in [-0.4, -0.2) is 10.9 Å². The van der Waals surface area contributed by atoms with E-state index in [2.05, 4.69) is 23.3 Å². The number of nitrogens with one attached hydrogen (secondary N) is 1. The number of carbonyl (C=O) groups is 1. The van der Waals surface area contributed by atoms with Crippen LogP contribution in [0.2, 0.25) is 5.02 Å². The lowest BCUT2D eigenvalue weighted by atomic mass is 9.99. The molecule has 2 heterocycles. The standard InChI is InChI=1S/C20H20ClN5OS/c1-2-3-4-5-13-14(10-22)18(24)26-20-15(13)16(23)17(28-20)19(27)25-12-8-6-11(21)7-9-12/h6-9H,2-5,23H2,1H3,(H2,24,26)(H,25,27). The van der Waals surface area contributed by atoms with Crippen LogP contribution in [0.4, 0.5) is 17.2 Å². The Bertz CT molecular complexity index is 1070. The van der Waals surface area contributed by atoms with Gasteiger partial charge in [0.05, 0.1) is 11.3 Å². The fourth-order valence-electron chi connectivity index (χ4n) is 3.06. The van der Waals surface area contributed by atoms with Crippen LogP contribution in [0.5, 0.6) is 0 Å². The Morgan fingerprint density at radius 2 is 2.00 bits per heavy atom. The Morgan fingerprint density at radius 3 is 2.64 bits per heavy atom. The number of nitrogens with two attached hydrogens (primary N) is 2. The van der Waals surface area contributed by atoms with Crippen molar-refractivity contribution in [2.45, 2.75) is 32.6 Å². The van der Waals surface area contributed by atoms with Gasteiger partial charge in [-0.3, -0.25) is 4.79 Å². The molecule has 0 radical (unpaired) electrons. The van der Waals surface area contributed by atoms with Gasteiger partial charge in [-0.2, -0.15) is 5.26 Å². The second-order valence-electron chi connectivity index (χ2n) is 6.41. The van der Waals surface area contributed by atoms with Crippen LogP contribution in [0.25, 0.3) is 10.2 Å². The van der Waals surface area contributed by atoms with Gasteiger partial charge in [0.2, 0.25) is 0 Å². The molecule has 1 aromatic carbocycles. The minimum Gasteiger partial charge on any atom is -0.397 e. The molecule has 0 saturated heterocycles. The maximum atomic E-state index is 12.8. The largest absolute Gasteiger partial charge is 0.397 e. The molecular weight excluding hydrogens is 394 g/mol. The van der Waals surface area contributed by atoms with E-state index < -0.39 is 0 Å². The van der Waals surface area contributed by atoms with Crippen molar-refractivity contribution in [2.24, 2.45) is 0 Å². The Hall–Kier alpha value is -2.82. The normalized spacial score (nSPS) is 10.8. The molecule has 28 heavy (non-hydrogen) atoms. The molecule has 2 aromatic heterocycles. The molecule has 3 aromatic rings. The van der Waals surface area contributed by atoms with E-state index in [0.29, 0.717) is 43.5 Å². The summed E-state index contributed by atoms with van der Waals surface area (Å²) < 4.78 is 0. The van der Waals surface area contributed by atoms with Gasteiger partial charge >= 0.3 is 0 Å². The third-order valence-corrected chi connectivity index (χ3v) is 5.81. The predicted molar refractivity (Wildman–Crippen MR) is 116 cm³/mol. The molecule has 0 saturated carbocycles. The molecule has 0 unspecified atom stereocenters. The smallest absolute Gasteiger partial charge is 0.267 e. The van der Waals surface area contributed by atoms with Crippen LogP contribution in [0.1, 0.15) is 47.0 Å². The number of amides is 1. The summed E-state index contributed by atoms with van der Waals surface area (Å²) >= 11 is 7.06. The Morgan fingerprint density at radius 1 is 1.29 bits per heavy atom. The summed E-state index contributed by atoms with van der Waals surface area (Å²) in [5, 5.41) is 13.6. The molecule has 0 atom stereocenters. The first-order chi connectivity index (χ1) is 13.5. The highest BCUT2D eigenvalue weighted by atomic mass is 35.5. The molecule has 3 rings (SSSR count). The Kier molecular flexibility index (Phi) is 6.02. The lowest BCUT2D eigenvalue weighted by Crippen LogP contribution is -2.12. The second kappa shape index (κ2) is 8.46. The third-order valence-electron chi connectivity index (χ3n) is 4.46. The molecule has 0 aliphatic rings. The second-order valence-corrected chi connectivity index (χ2v) is 7.84. The summed E-state index contributed by atoms with van der Waals surface area (Å²) in [5.74, 6) is -0.160. The number of carbonyl (C=O) groups excluding carboxylic acids is 1. The average molecular weight is 414 g/mol. The number of aromatic nitrogens is 1. The molecule has 0 aliphatic carbocycles. The number of hydrogen-bond donors (Lipinski definition) is 3. The summed E-state index contributed by atoms with van der Waals surface area (Å²) in [6.07, 6.45) is 3.66. The van der Waals surface area contributed by atoms with Gasteiger partial charge in [0, 0.05) is 16.1 Å². The molecule has 6 nitrogen and oxygen atoms in total. The van der Waals surface area contributed by atoms with Crippen LogP contribution in [0, 0.1) is 11.3 Å². The highest BCUT2D eigenvalue weighted by Crippen LogP contribution is 2.38. The number of hydrogen-bond acceptors (Lipinski definition) is 6. The molecule has 144 valence electrons. The summed E-state index contributed by atoms with van der Waals surface area (Å²) in [6.45, 7) is 2.11. The summed E-state index contributed by atoms with van der Waals surface area (Å²) in [4.78, 5) is 18.0. The first-order valence-electron chi connectivity index (χ1n) is 8.93. The van der Waals surface area contributed by atoms with E-state index >= 15 is 0 Å². The van der Waals surface area contributed by atoms with Gasteiger partial charge in [-0.25, -0.2) is 4.98 Å². The van der Waals surface area contributed by atoms with E-state index in [-0.39, 0.29) is 11.7 Å². The van der Waals surface area contributed by atoms with Crippen molar-refractivity contribution in [2.75, 3.05) is 16.8 Å². The topological polar surface area (TPSA) is 118 Å². The van der Waals surface area contributed by atoms with Crippen molar-refractivity contribution < 1.29 is 4.79 Å². The van der Waals surface area contributed by atoms with Crippen LogP contribution in [-0.2, 0) is 6.42 Å². The average Bonchev–Trinajstić information content (AvgIpc) is 3.00. The highest BCUT2D eigenvalue weighted by molar-refractivity contribution is 7.21. The molecular formula is C20H20ClN5OS. The van der Waals surface area contributed by atoms with E-state index in [1.54, 1.807) is 24.3 Å². The van der Waals surface area contributed by atoms with E-state index in [1.165, 1.54) is 11.3 Å². The SMILES string of the molecule is CCCCCc1c(C#N)c(N)nc2sc(C(=O)Nc3ccc(Cl)cc3)c(N)c12. The van der Waals surface area contributed by atoms with Crippen molar-refractivity contribution in [3.63, 3.8) is 0 Å². The molecule has 0 spiro atoms. The molecule has 0 aliphatic heterocycles. The van der Waals surface area contributed by atoms with Crippen molar-refractivity contribution in [3.8, 4) is 6.07 Å². The van der Waals surface area contributed by atoms with E-state index in [1.807, 2.05) is 0 Å². The number of halogens is 1. The number of nitrogen functional groups attached to an aromatic ring is 2. The molecule has 0 bridgehead atoms. The minimum atomic E-state index is -0.334. The first kappa shape index (κ1) is 19.9. The molecule has 1 amide bonds. The number of fused-ring (bicyclic) bond motifs is 1. The maximum Gasteiger partial charge on any atom is 0.267 e. The van der Waals surface area contributed by atoms with Crippen LogP contribution < -0.4 is 16.8 Å². The zero-order valence-electron chi connectivity index (χ0n) is 15.4. The zero-order valence-corrected chi connectivity index (χ0v) is 17.0. The number of aryl methyl sites for hydroxylation is 1.